The molecule has 1 atom stereocenters. The van der Waals surface area contributed by atoms with Gasteiger partial charge in [-0.2, -0.15) is 0 Å². The lowest BCUT2D eigenvalue weighted by Gasteiger charge is -2.33. The van der Waals surface area contributed by atoms with Crippen LogP contribution in [0.25, 0.3) is 0 Å². The van der Waals surface area contributed by atoms with Gasteiger partial charge >= 0.3 is 5.97 Å². The first-order chi connectivity index (χ1) is 10.1. The van der Waals surface area contributed by atoms with Crippen LogP contribution in [-0.2, 0) is 21.4 Å². The summed E-state index contributed by atoms with van der Waals surface area (Å²) in [6.07, 6.45) is 2.52. The van der Waals surface area contributed by atoms with Crippen LogP contribution >= 0.6 is 11.8 Å². The van der Waals surface area contributed by atoms with Gasteiger partial charge in [0.1, 0.15) is 6.04 Å². The number of amides is 1. The molecule has 8 nitrogen and oxygen atoms in total. The zero-order valence-electron chi connectivity index (χ0n) is 12.2. The Hall–Kier alpha value is -1.64. The predicted molar refractivity (Wildman–Crippen MR) is 75.5 cm³/mol. The molecule has 9 heteroatoms. The monoisotopic (exact) mass is 313 g/mol. The van der Waals surface area contributed by atoms with E-state index in [2.05, 4.69) is 15.5 Å². The minimum Gasteiger partial charge on any atom is -0.464 e. The molecule has 1 fully saturated rings. The first-order valence-corrected chi connectivity index (χ1v) is 7.93. The SMILES string of the molecule is CCOC(=O)[C@H]1CCCCN1C(=O)CSc1nnnn1C. The maximum absolute atomic E-state index is 12.3. The summed E-state index contributed by atoms with van der Waals surface area (Å²) in [5, 5.41) is 11.6. The van der Waals surface area contributed by atoms with E-state index >= 15 is 0 Å². The number of ether oxygens (including phenoxy) is 1. The van der Waals surface area contributed by atoms with E-state index < -0.39 is 6.04 Å². The maximum atomic E-state index is 12.3. The summed E-state index contributed by atoms with van der Waals surface area (Å²) >= 11 is 1.27. The molecule has 0 saturated carbocycles. The fraction of sp³-hybridized carbons (Fsp3) is 0.750. The number of aromatic nitrogens is 4. The fourth-order valence-corrected chi connectivity index (χ4v) is 3.00. The summed E-state index contributed by atoms with van der Waals surface area (Å²) in [5.41, 5.74) is 0. The van der Waals surface area contributed by atoms with Crippen molar-refractivity contribution in [2.75, 3.05) is 18.9 Å². The average Bonchev–Trinajstić information content (AvgIpc) is 2.90. The molecule has 2 heterocycles. The molecule has 0 spiro atoms. The van der Waals surface area contributed by atoms with Gasteiger partial charge in [-0.15, -0.1) is 5.10 Å². The van der Waals surface area contributed by atoms with Crippen molar-refractivity contribution in [1.82, 2.24) is 25.1 Å². The summed E-state index contributed by atoms with van der Waals surface area (Å²) in [5.74, 6) is -0.180. The van der Waals surface area contributed by atoms with Crippen LogP contribution in [0.4, 0.5) is 0 Å². The van der Waals surface area contributed by atoms with Gasteiger partial charge in [-0.1, -0.05) is 11.8 Å². The highest BCUT2D eigenvalue weighted by Crippen LogP contribution is 2.21. The second-order valence-electron chi connectivity index (χ2n) is 4.72. The summed E-state index contributed by atoms with van der Waals surface area (Å²) in [6, 6.07) is -0.454. The lowest BCUT2D eigenvalue weighted by Crippen LogP contribution is -2.49. The molecule has 1 aromatic rings. The van der Waals surface area contributed by atoms with E-state index in [9.17, 15) is 9.59 Å². The maximum Gasteiger partial charge on any atom is 0.328 e. The molecule has 0 aromatic carbocycles. The molecule has 1 aliphatic heterocycles. The zero-order valence-corrected chi connectivity index (χ0v) is 13.0. The number of thioether (sulfide) groups is 1. The molecule has 1 aliphatic rings. The van der Waals surface area contributed by atoms with Gasteiger partial charge in [0.2, 0.25) is 11.1 Å². The molecule has 2 rings (SSSR count). The molecule has 116 valence electrons. The molecule has 0 aliphatic carbocycles. The van der Waals surface area contributed by atoms with Gasteiger partial charge in [-0.3, -0.25) is 4.79 Å². The average molecular weight is 313 g/mol. The van der Waals surface area contributed by atoms with Gasteiger partial charge in [-0.05, 0) is 36.6 Å². The van der Waals surface area contributed by atoms with Crippen LogP contribution in [0.2, 0.25) is 0 Å². The predicted octanol–water partition coefficient (Wildman–Crippen LogP) is 0.246. The number of likely N-dealkylation sites (tertiary alicyclic amines) is 1. The van der Waals surface area contributed by atoms with Crippen molar-refractivity contribution in [3.8, 4) is 0 Å². The first kappa shape index (κ1) is 15.7. The van der Waals surface area contributed by atoms with Crippen molar-refractivity contribution in [1.29, 1.82) is 0 Å². The smallest absolute Gasteiger partial charge is 0.328 e. The molecule has 0 bridgehead atoms. The molecule has 1 saturated heterocycles. The zero-order chi connectivity index (χ0) is 15.2. The minimum absolute atomic E-state index is 0.0826. The summed E-state index contributed by atoms with van der Waals surface area (Å²) in [6.45, 7) is 2.69. The van der Waals surface area contributed by atoms with Crippen molar-refractivity contribution < 1.29 is 14.3 Å². The number of rotatable bonds is 5. The molecule has 21 heavy (non-hydrogen) atoms. The van der Waals surface area contributed by atoms with Crippen molar-refractivity contribution in [3.63, 3.8) is 0 Å². The second-order valence-corrected chi connectivity index (χ2v) is 5.67. The van der Waals surface area contributed by atoms with E-state index in [1.807, 2.05) is 0 Å². The molecule has 0 unspecified atom stereocenters. The van der Waals surface area contributed by atoms with Gasteiger partial charge in [0.15, 0.2) is 0 Å². The molecule has 0 radical (unpaired) electrons. The molecule has 0 N–H and O–H groups in total. The van der Waals surface area contributed by atoms with Crippen LogP contribution in [0.5, 0.6) is 0 Å². The molecular formula is C12H19N5O3S. The summed E-state index contributed by atoms with van der Waals surface area (Å²) in [7, 11) is 1.72. The van der Waals surface area contributed by atoms with Gasteiger partial charge in [-0.25, -0.2) is 9.48 Å². The normalized spacial score (nSPS) is 18.6. The number of carbonyl (C=O) groups is 2. The Balaban J connectivity index is 1.95. The van der Waals surface area contributed by atoms with Crippen molar-refractivity contribution in [2.45, 2.75) is 37.4 Å². The van der Waals surface area contributed by atoms with E-state index in [0.717, 1.165) is 12.8 Å². The van der Waals surface area contributed by atoms with E-state index in [1.54, 1.807) is 18.9 Å². The highest BCUT2D eigenvalue weighted by atomic mass is 32.2. The Kier molecular flexibility index (Phi) is 5.54. The minimum atomic E-state index is -0.454. The molecular weight excluding hydrogens is 294 g/mol. The van der Waals surface area contributed by atoms with Gasteiger partial charge in [0, 0.05) is 13.6 Å². The largest absolute Gasteiger partial charge is 0.464 e. The van der Waals surface area contributed by atoms with Crippen LogP contribution in [0.1, 0.15) is 26.2 Å². The lowest BCUT2D eigenvalue weighted by molar-refractivity contribution is -0.155. The van der Waals surface area contributed by atoms with Crippen molar-refractivity contribution in [2.24, 2.45) is 7.05 Å². The Labute approximate surface area is 127 Å². The van der Waals surface area contributed by atoms with E-state index in [-0.39, 0.29) is 17.6 Å². The number of hydrogen-bond donors (Lipinski definition) is 0. The highest BCUT2D eigenvalue weighted by Gasteiger charge is 2.33. The Morgan fingerprint density at radius 2 is 2.24 bits per heavy atom. The van der Waals surface area contributed by atoms with Crippen LogP contribution in [-0.4, -0.2) is 61.9 Å². The number of carbonyl (C=O) groups excluding carboxylic acids is 2. The third-order valence-corrected chi connectivity index (χ3v) is 4.28. The van der Waals surface area contributed by atoms with E-state index in [4.69, 9.17) is 4.74 Å². The third-order valence-electron chi connectivity index (χ3n) is 3.29. The quantitative estimate of drug-likeness (QED) is 0.568. The van der Waals surface area contributed by atoms with Crippen molar-refractivity contribution >= 4 is 23.6 Å². The number of nitrogens with zero attached hydrogens (tertiary/aromatic N) is 5. The summed E-state index contributed by atoms with van der Waals surface area (Å²) < 4.78 is 6.57. The topological polar surface area (TPSA) is 90.2 Å². The Morgan fingerprint density at radius 3 is 2.90 bits per heavy atom. The van der Waals surface area contributed by atoms with Gasteiger partial charge < -0.3 is 9.64 Å². The summed E-state index contributed by atoms with van der Waals surface area (Å²) in [4.78, 5) is 25.9. The highest BCUT2D eigenvalue weighted by molar-refractivity contribution is 7.99. The standard InChI is InChI=1S/C12H19N5O3S/c1-3-20-11(19)9-6-4-5-7-17(9)10(18)8-21-12-13-14-15-16(12)2/h9H,3-8H2,1-2H3/t9-/m1/s1. The van der Waals surface area contributed by atoms with Crippen LogP contribution in [0.15, 0.2) is 5.16 Å². The first-order valence-electron chi connectivity index (χ1n) is 6.94. The third kappa shape index (κ3) is 3.93. The Bertz CT molecular complexity index is 507. The number of aryl methyl sites for hydroxylation is 1. The second kappa shape index (κ2) is 7.39. The van der Waals surface area contributed by atoms with Crippen molar-refractivity contribution in [3.05, 3.63) is 0 Å². The number of hydrogen-bond acceptors (Lipinski definition) is 7. The fourth-order valence-electron chi connectivity index (χ4n) is 2.27. The van der Waals surface area contributed by atoms with Gasteiger partial charge in [0.05, 0.1) is 12.4 Å². The number of piperidine rings is 1. The molecule has 1 amide bonds. The number of tetrazole rings is 1. The molecule has 1 aromatic heterocycles. The Morgan fingerprint density at radius 1 is 1.43 bits per heavy atom. The van der Waals surface area contributed by atoms with E-state index in [1.165, 1.54) is 16.4 Å². The number of esters is 1. The van der Waals surface area contributed by atoms with Crippen LogP contribution < -0.4 is 0 Å². The lowest BCUT2D eigenvalue weighted by atomic mass is 10.0. The van der Waals surface area contributed by atoms with E-state index in [0.29, 0.717) is 24.7 Å². The van der Waals surface area contributed by atoms with Crippen LogP contribution in [0.3, 0.4) is 0 Å². The van der Waals surface area contributed by atoms with Crippen LogP contribution in [0, 0.1) is 0 Å². The van der Waals surface area contributed by atoms with Gasteiger partial charge in [0.25, 0.3) is 0 Å².